The van der Waals surface area contributed by atoms with Gasteiger partial charge in [0, 0.05) is 32.3 Å². The molecule has 2 atom stereocenters. The summed E-state index contributed by atoms with van der Waals surface area (Å²) in [5, 5.41) is 2.80. The lowest BCUT2D eigenvalue weighted by Crippen LogP contribution is -2.48. The highest BCUT2D eigenvalue weighted by molar-refractivity contribution is 7.89. The minimum Gasteiger partial charge on any atom is -0.377 e. The third-order valence-corrected chi connectivity index (χ3v) is 5.66. The van der Waals surface area contributed by atoms with Crippen molar-refractivity contribution < 1.29 is 13.2 Å². The predicted octanol–water partition coefficient (Wildman–Crippen LogP) is 1.20. The van der Waals surface area contributed by atoms with Gasteiger partial charge in [0.15, 0.2) is 0 Å². The molecular formula is C13H28N2O3S. The standard InChI is InChI=1S/C13H28N2O3S/c1-5-18-13-7-6-8-15(10-13)19(16,17)12(4)9-14-11(2)3/h11-14H,5-10H2,1-4H3. The topological polar surface area (TPSA) is 58.6 Å². The molecule has 0 aliphatic carbocycles. The Morgan fingerprint density at radius 2 is 2.05 bits per heavy atom. The van der Waals surface area contributed by atoms with Crippen LogP contribution in [0.15, 0.2) is 0 Å². The summed E-state index contributed by atoms with van der Waals surface area (Å²) in [6.07, 6.45) is 1.89. The third-order valence-electron chi connectivity index (χ3n) is 3.43. The molecule has 0 radical (unpaired) electrons. The molecule has 6 heteroatoms. The van der Waals surface area contributed by atoms with Gasteiger partial charge in [0.1, 0.15) is 0 Å². The number of nitrogens with one attached hydrogen (secondary N) is 1. The van der Waals surface area contributed by atoms with Gasteiger partial charge in [0.25, 0.3) is 0 Å². The molecule has 1 aliphatic heterocycles. The molecule has 0 amide bonds. The number of nitrogens with zero attached hydrogens (tertiary/aromatic N) is 1. The summed E-state index contributed by atoms with van der Waals surface area (Å²) in [5.41, 5.74) is 0. The van der Waals surface area contributed by atoms with Crippen LogP contribution in [0.1, 0.15) is 40.5 Å². The van der Waals surface area contributed by atoms with Gasteiger partial charge in [-0.15, -0.1) is 0 Å². The first-order valence-corrected chi connectivity index (χ1v) is 8.72. The van der Waals surface area contributed by atoms with Crippen LogP contribution in [0.25, 0.3) is 0 Å². The smallest absolute Gasteiger partial charge is 0.218 e. The van der Waals surface area contributed by atoms with Gasteiger partial charge in [-0.1, -0.05) is 13.8 Å². The summed E-state index contributed by atoms with van der Waals surface area (Å²) in [6, 6.07) is 0.301. The van der Waals surface area contributed by atoms with E-state index in [-0.39, 0.29) is 6.10 Å². The molecule has 1 fully saturated rings. The summed E-state index contributed by atoms with van der Waals surface area (Å²) in [6.45, 7) is 10.0. The molecule has 0 aromatic heterocycles. The number of hydrogen-bond acceptors (Lipinski definition) is 4. The van der Waals surface area contributed by atoms with Crippen molar-refractivity contribution in [2.24, 2.45) is 0 Å². The van der Waals surface area contributed by atoms with Crippen molar-refractivity contribution >= 4 is 10.0 Å². The minimum atomic E-state index is -3.22. The van der Waals surface area contributed by atoms with Crippen LogP contribution in [0.2, 0.25) is 0 Å². The highest BCUT2D eigenvalue weighted by Crippen LogP contribution is 2.19. The van der Waals surface area contributed by atoms with Gasteiger partial charge >= 0.3 is 0 Å². The van der Waals surface area contributed by atoms with Gasteiger partial charge in [-0.05, 0) is 26.7 Å². The molecule has 2 unspecified atom stereocenters. The van der Waals surface area contributed by atoms with Crippen molar-refractivity contribution in [3.63, 3.8) is 0 Å². The van der Waals surface area contributed by atoms with Gasteiger partial charge in [0.2, 0.25) is 10.0 Å². The van der Waals surface area contributed by atoms with E-state index in [1.54, 1.807) is 11.2 Å². The molecule has 1 saturated heterocycles. The number of sulfonamides is 1. The summed E-state index contributed by atoms with van der Waals surface area (Å²) in [7, 11) is -3.22. The average Bonchev–Trinajstić information content (AvgIpc) is 2.36. The molecule has 0 spiro atoms. The maximum Gasteiger partial charge on any atom is 0.218 e. The zero-order valence-electron chi connectivity index (χ0n) is 12.6. The Bertz CT molecular complexity index is 355. The quantitative estimate of drug-likeness (QED) is 0.766. The van der Waals surface area contributed by atoms with Crippen LogP contribution in [-0.2, 0) is 14.8 Å². The highest BCUT2D eigenvalue weighted by Gasteiger charge is 2.33. The molecule has 5 nitrogen and oxygen atoms in total. The van der Waals surface area contributed by atoms with Crippen molar-refractivity contribution in [1.82, 2.24) is 9.62 Å². The second kappa shape index (κ2) is 7.57. The third kappa shape index (κ3) is 5.02. The monoisotopic (exact) mass is 292 g/mol. The Morgan fingerprint density at radius 3 is 2.63 bits per heavy atom. The first-order chi connectivity index (χ1) is 8.87. The molecule has 1 rings (SSSR count). The van der Waals surface area contributed by atoms with Gasteiger partial charge in [-0.25, -0.2) is 8.42 Å². The van der Waals surface area contributed by atoms with E-state index in [9.17, 15) is 8.42 Å². The summed E-state index contributed by atoms with van der Waals surface area (Å²) < 4.78 is 32.1. The number of piperidine rings is 1. The van der Waals surface area contributed by atoms with Crippen molar-refractivity contribution in [1.29, 1.82) is 0 Å². The highest BCUT2D eigenvalue weighted by atomic mass is 32.2. The molecule has 114 valence electrons. The minimum absolute atomic E-state index is 0.0544. The van der Waals surface area contributed by atoms with E-state index in [1.807, 2.05) is 20.8 Å². The SMILES string of the molecule is CCOC1CCCN(S(=O)(=O)C(C)CNC(C)C)C1. The zero-order valence-corrected chi connectivity index (χ0v) is 13.4. The Kier molecular flexibility index (Phi) is 6.73. The summed E-state index contributed by atoms with van der Waals surface area (Å²) in [5.74, 6) is 0. The fraction of sp³-hybridized carbons (Fsp3) is 1.00. The van der Waals surface area contributed by atoms with E-state index in [1.165, 1.54) is 0 Å². The molecule has 19 heavy (non-hydrogen) atoms. The Morgan fingerprint density at radius 1 is 1.37 bits per heavy atom. The molecule has 1 N–H and O–H groups in total. The number of hydrogen-bond donors (Lipinski definition) is 1. The van der Waals surface area contributed by atoms with Crippen LogP contribution >= 0.6 is 0 Å². The molecule has 0 saturated carbocycles. The van der Waals surface area contributed by atoms with Gasteiger partial charge in [-0.2, -0.15) is 4.31 Å². The molecule has 1 heterocycles. The maximum absolute atomic E-state index is 12.5. The molecule has 0 bridgehead atoms. The second-order valence-corrected chi connectivity index (χ2v) is 7.85. The van der Waals surface area contributed by atoms with Crippen molar-refractivity contribution in [2.75, 3.05) is 26.2 Å². The van der Waals surface area contributed by atoms with Crippen LogP contribution < -0.4 is 5.32 Å². The normalized spacial score (nSPS) is 23.7. The van der Waals surface area contributed by atoms with Gasteiger partial charge in [-0.3, -0.25) is 0 Å². The van der Waals surface area contributed by atoms with E-state index in [0.29, 0.717) is 32.3 Å². The van der Waals surface area contributed by atoms with Crippen molar-refractivity contribution in [2.45, 2.75) is 57.9 Å². The fourth-order valence-electron chi connectivity index (χ4n) is 2.27. The Balaban J connectivity index is 2.60. The van der Waals surface area contributed by atoms with E-state index in [2.05, 4.69) is 5.32 Å². The Labute approximate surface area is 117 Å². The lowest BCUT2D eigenvalue weighted by atomic mass is 10.1. The molecule has 1 aliphatic rings. The fourth-order valence-corrected chi connectivity index (χ4v) is 3.84. The van der Waals surface area contributed by atoms with Crippen LogP contribution in [0.4, 0.5) is 0 Å². The zero-order chi connectivity index (χ0) is 14.5. The Hall–Kier alpha value is -0.170. The maximum atomic E-state index is 12.5. The van der Waals surface area contributed by atoms with Crippen LogP contribution in [0.3, 0.4) is 0 Å². The van der Waals surface area contributed by atoms with E-state index < -0.39 is 15.3 Å². The van der Waals surface area contributed by atoms with E-state index in [0.717, 1.165) is 12.8 Å². The molecular weight excluding hydrogens is 264 g/mol. The lowest BCUT2D eigenvalue weighted by molar-refractivity contribution is 0.0263. The summed E-state index contributed by atoms with van der Waals surface area (Å²) >= 11 is 0. The van der Waals surface area contributed by atoms with Crippen molar-refractivity contribution in [3.05, 3.63) is 0 Å². The van der Waals surface area contributed by atoms with Crippen LogP contribution in [0.5, 0.6) is 0 Å². The molecule has 0 aromatic carbocycles. The summed E-state index contributed by atoms with van der Waals surface area (Å²) in [4.78, 5) is 0. The van der Waals surface area contributed by atoms with Crippen molar-refractivity contribution in [3.8, 4) is 0 Å². The average molecular weight is 292 g/mol. The van der Waals surface area contributed by atoms with Gasteiger partial charge in [0.05, 0.1) is 11.4 Å². The lowest BCUT2D eigenvalue weighted by Gasteiger charge is -2.33. The van der Waals surface area contributed by atoms with E-state index >= 15 is 0 Å². The van der Waals surface area contributed by atoms with Gasteiger partial charge < -0.3 is 10.1 Å². The second-order valence-electron chi connectivity index (χ2n) is 5.50. The first-order valence-electron chi connectivity index (χ1n) is 7.21. The molecule has 0 aromatic rings. The number of ether oxygens (including phenoxy) is 1. The predicted molar refractivity (Wildman–Crippen MR) is 77.7 cm³/mol. The van der Waals surface area contributed by atoms with Crippen LogP contribution in [-0.4, -0.2) is 56.4 Å². The number of rotatable bonds is 7. The van der Waals surface area contributed by atoms with Crippen LogP contribution in [0, 0.1) is 0 Å². The first kappa shape index (κ1) is 16.9. The largest absolute Gasteiger partial charge is 0.377 e. The van der Waals surface area contributed by atoms with E-state index in [4.69, 9.17) is 4.74 Å².